The van der Waals surface area contributed by atoms with Crippen LogP contribution in [-0.4, -0.2) is 33.2 Å². The van der Waals surface area contributed by atoms with Gasteiger partial charge in [0.1, 0.15) is 11.7 Å². The fraction of sp³-hybridized carbons (Fsp3) is 0.500. The van der Waals surface area contributed by atoms with Crippen LogP contribution in [0.1, 0.15) is 63.4 Å². The van der Waals surface area contributed by atoms with Crippen molar-refractivity contribution in [1.82, 2.24) is 4.98 Å². The Morgan fingerprint density at radius 2 is 1.97 bits per heavy atom. The van der Waals surface area contributed by atoms with Crippen LogP contribution in [0.3, 0.4) is 0 Å². The number of carbonyl (C=O) groups is 1. The molecule has 1 aromatic heterocycles. The van der Waals surface area contributed by atoms with Crippen LogP contribution >= 0.6 is 0 Å². The van der Waals surface area contributed by atoms with Crippen molar-refractivity contribution >= 4 is 16.6 Å². The Morgan fingerprint density at radius 1 is 1.09 bits per heavy atom. The van der Waals surface area contributed by atoms with Crippen LogP contribution in [0, 0.1) is 11.3 Å². The summed E-state index contributed by atoms with van der Waals surface area (Å²) in [5, 5.41) is 13.4. The molecule has 2 aromatic rings. The second-order valence-corrected chi connectivity index (χ2v) is 11.0. The highest BCUT2D eigenvalue weighted by molar-refractivity contribution is 5.87. The largest absolute Gasteiger partial charge is 0.382 e. The summed E-state index contributed by atoms with van der Waals surface area (Å²) in [6.45, 7) is 2.45. The van der Waals surface area contributed by atoms with Crippen LogP contribution in [-0.2, 0) is 9.53 Å². The average molecular weight is 428 g/mol. The van der Waals surface area contributed by atoms with Crippen LogP contribution in [0.5, 0.6) is 0 Å². The van der Waals surface area contributed by atoms with E-state index in [2.05, 4.69) is 48.3 Å². The number of Topliss-reactive ketones (excluding diaryl/α,β-unsaturated/α-hetero) is 1. The number of carbonyl (C=O) groups excluding carboxylic acids is 1. The van der Waals surface area contributed by atoms with Crippen LogP contribution in [0.4, 0.5) is 0 Å². The second-order valence-electron chi connectivity index (χ2n) is 11.0. The van der Waals surface area contributed by atoms with Gasteiger partial charge in [0.25, 0.3) is 0 Å². The molecular weight excluding hydrogens is 398 g/mol. The Morgan fingerprint density at radius 3 is 2.88 bits per heavy atom. The molecule has 6 atom stereocenters. The first-order valence-corrected chi connectivity index (χ1v) is 12.1. The normalized spacial score (nSPS) is 42.2. The van der Waals surface area contributed by atoms with Crippen molar-refractivity contribution in [2.75, 3.05) is 0 Å². The number of allylic oxidation sites excluding steroid dienone is 1. The molecular formula is C28H29NO3. The Hall–Kier alpha value is -2.30. The Bertz CT molecular complexity index is 1230. The number of rotatable bonds is 1. The Labute approximate surface area is 188 Å². The molecule has 3 aliphatic carbocycles. The maximum Gasteiger partial charge on any atom is 0.164 e. The number of hydrogen-bond donors (Lipinski definition) is 1. The first-order chi connectivity index (χ1) is 15.5. The number of fused-ring (bicyclic) bond motifs is 2. The van der Waals surface area contributed by atoms with E-state index in [0.29, 0.717) is 18.3 Å². The third-order valence-electron chi connectivity index (χ3n) is 9.71. The van der Waals surface area contributed by atoms with Gasteiger partial charge in [-0.25, -0.2) is 0 Å². The lowest BCUT2D eigenvalue weighted by Gasteiger charge is -2.54. The molecule has 2 saturated carbocycles. The minimum absolute atomic E-state index is 0.0562. The van der Waals surface area contributed by atoms with Crippen molar-refractivity contribution in [2.45, 2.75) is 75.1 Å². The van der Waals surface area contributed by atoms with E-state index in [9.17, 15) is 9.90 Å². The molecule has 2 bridgehead atoms. The highest BCUT2D eigenvalue weighted by atomic mass is 16.5. The number of nitrogens with zero attached hydrogens (tertiary/aromatic N) is 1. The zero-order chi connectivity index (χ0) is 21.7. The lowest BCUT2D eigenvalue weighted by atomic mass is 9.58. The predicted molar refractivity (Wildman–Crippen MR) is 122 cm³/mol. The standard InChI is InChI=1S/C28H29NO3/c1-26-10-8-21-15-20-4-6-23(30)25(31)28(20)12-11-27(21,32-28)24(26)7-5-22(26)18-3-2-17-9-13-29-16-19(17)14-18/h2-3,8-9,13-16,22,24-25,31H,4-7,10-12H2,1H3/t22-,24-,25-,26-,27?,28+/m1/s1. The minimum atomic E-state index is -1.01. The fourth-order valence-electron chi connectivity index (χ4n) is 8.13. The molecule has 1 unspecified atom stereocenters. The van der Waals surface area contributed by atoms with E-state index in [1.54, 1.807) is 0 Å². The third-order valence-corrected chi connectivity index (χ3v) is 9.71. The second kappa shape index (κ2) is 6.18. The number of hydrogen-bond acceptors (Lipinski definition) is 4. The van der Waals surface area contributed by atoms with Gasteiger partial charge in [-0.2, -0.15) is 0 Å². The van der Waals surface area contributed by atoms with E-state index in [0.717, 1.165) is 44.1 Å². The molecule has 1 N–H and O–H groups in total. The molecule has 1 saturated heterocycles. The van der Waals surface area contributed by atoms with Crippen LogP contribution in [0.25, 0.3) is 10.8 Å². The molecule has 2 spiro atoms. The number of benzene rings is 1. The highest BCUT2D eigenvalue weighted by Crippen LogP contribution is 2.69. The quantitative estimate of drug-likeness (QED) is 0.695. The summed E-state index contributed by atoms with van der Waals surface area (Å²) in [6.07, 6.45) is 13.6. The summed E-state index contributed by atoms with van der Waals surface area (Å²) in [6, 6.07) is 8.93. The molecule has 4 nitrogen and oxygen atoms in total. The molecule has 7 rings (SSSR count). The zero-order valence-corrected chi connectivity index (χ0v) is 18.5. The topological polar surface area (TPSA) is 59.4 Å². The van der Waals surface area contributed by atoms with Crippen LogP contribution in [0.2, 0.25) is 0 Å². The van der Waals surface area contributed by atoms with Crippen molar-refractivity contribution in [3.63, 3.8) is 0 Å². The summed E-state index contributed by atoms with van der Waals surface area (Å²) < 4.78 is 6.98. The van der Waals surface area contributed by atoms with Gasteiger partial charge >= 0.3 is 0 Å². The molecule has 2 aliphatic heterocycles. The van der Waals surface area contributed by atoms with Gasteiger partial charge in [-0.1, -0.05) is 31.2 Å². The van der Waals surface area contributed by atoms with E-state index in [1.165, 1.54) is 21.9 Å². The lowest BCUT2D eigenvalue weighted by molar-refractivity contribution is -0.177. The summed E-state index contributed by atoms with van der Waals surface area (Å²) >= 11 is 0. The first-order valence-electron chi connectivity index (χ1n) is 12.1. The predicted octanol–water partition coefficient (Wildman–Crippen LogP) is 5.02. The summed E-state index contributed by atoms with van der Waals surface area (Å²) in [4.78, 5) is 16.8. The summed E-state index contributed by atoms with van der Waals surface area (Å²) in [5.74, 6) is 0.804. The van der Waals surface area contributed by atoms with E-state index in [4.69, 9.17) is 4.74 Å². The van der Waals surface area contributed by atoms with E-state index in [1.807, 2.05) is 12.4 Å². The van der Waals surface area contributed by atoms with Gasteiger partial charge in [0, 0.05) is 24.2 Å². The van der Waals surface area contributed by atoms with Crippen LogP contribution < -0.4 is 0 Å². The van der Waals surface area contributed by atoms with Gasteiger partial charge in [-0.15, -0.1) is 0 Å². The molecule has 0 radical (unpaired) electrons. The number of ether oxygens (including phenoxy) is 1. The molecule has 164 valence electrons. The molecule has 32 heavy (non-hydrogen) atoms. The van der Waals surface area contributed by atoms with Crippen molar-refractivity contribution in [2.24, 2.45) is 11.3 Å². The number of aliphatic hydroxyl groups excluding tert-OH is 1. The smallest absolute Gasteiger partial charge is 0.164 e. The van der Waals surface area contributed by atoms with Gasteiger partial charge in [-0.3, -0.25) is 9.78 Å². The number of pyridine rings is 1. The van der Waals surface area contributed by atoms with Gasteiger partial charge in [-0.05, 0) is 90.0 Å². The third kappa shape index (κ3) is 2.20. The number of aliphatic hydroxyl groups is 1. The molecule has 3 fully saturated rings. The van der Waals surface area contributed by atoms with Gasteiger partial charge in [0.05, 0.1) is 5.60 Å². The monoisotopic (exact) mass is 427 g/mol. The van der Waals surface area contributed by atoms with Gasteiger partial charge < -0.3 is 9.84 Å². The van der Waals surface area contributed by atoms with E-state index in [-0.39, 0.29) is 16.8 Å². The summed E-state index contributed by atoms with van der Waals surface area (Å²) in [7, 11) is 0. The van der Waals surface area contributed by atoms with E-state index >= 15 is 0 Å². The Kier molecular flexibility index (Phi) is 3.71. The van der Waals surface area contributed by atoms with E-state index < -0.39 is 11.7 Å². The number of aromatic nitrogens is 1. The molecule has 4 heteroatoms. The Balaban J connectivity index is 1.32. The highest BCUT2D eigenvalue weighted by Gasteiger charge is 2.68. The van der Waals surface area contributed by atoms with Gasteiger partial charge in [0.15, 0.2) is 5.78 Å². The SMILES string of the molecule is C[C@]12CC=C3C=C4CCC(=O)[C@@H](O)[C@]45CCC3(O5)[C@@H]1CC[C@@H]2c1ccc2ccncc2c1. The van der Waals surface area contributed by atoms with Crippen molar-refractivity contribution in [3.05, 3.63) is 65.5 Å². The van der Waals surface area contributed by atoms with Gasteiger partial charge in [0.2, 0.25) is 0 Å². The van der Waals surface area contributed by atoms with Crippen molar-refractivity contribution < 1.29 is 14.6 Å². The molecule has 0 amide bonds. The fourth-order valence-corrected chi connectivity index (χ4v) is 8.13. The maximum atomic E-state index is 12.4. The number of ketones is 1. The molecule has 5 aliphatic rings. The maximum absolute atomic E-state index is 12.4. The van der Waals surface area contributed by atoms with Crippen molar-refractivity contribution in [1.29, 1.82) is 0 Å². The minimum Gasteiger partial charge on any atom is -0.382 e. The van der Waals surface area contributed by atoms with Crippen molar-refractivity contribution in [3.8, 4) is 0 Å². The molecule has 3 heterocycles. The first kappa shape index (κ1) is 19.2. The summed E-state index contributed by atoms with van der Waals surface area (Å²) in [5.41, 5.74) is 2.81. The average Bonchev–Trinajstić information content (AvgIpc) is 3.33. The zero-order valence-electron chi connectivity index (χ0n) is 18.5. The molecule has 1 aromatic carbocycles. The lowest BCUT2D eigenvalue weighted by Crippen LogP contribution is -2.58. The van der Waals surface area contributed by atoms with Crippen LogP contribution in [0.15, 0.2) is 60.0 Å².